The van der Waals surface area contributed by atoms with Crippen molar-refractivity contribution in [2.24, 2.45) is 0 Å². The van der Waals surface area contributed by atoms with Crippen LogP contribution in [0.2, 0.25) is 0 Å². The summed E-state index contributed by atoms with van der Waals surface area (Å²) in [5.74, 6) is 1.10. The van der Waals surface area contributed by atoms with E-state index in [0.717, 1.165) is 53.5 Å². The number of para-hydroxylation sites is 1. The lowest BCUT2D eigenvalue weighted by Gasteiger charge is -2.34. The number of ether oxygens (including phenoxy) is 1. The van der Waals surface area contributed by atoms with Crippen LogP contribution in [-0.2, 0) is 0 Å². The smallest absolute Gasteiger partial charge is 0.203 e. The van der Waals surface area contributed by atoms with Crippen molar-refractivity contribution in [3.8, 4) is 22.9 Å². The summed E-state index contributed by atoms with van der Waals surface area (Å²) in [7, 11) is 1.64. The number of aromatic nitrogens is 3. The molecule has 0 aliphatic carbocycles. The van der Waals surface area contributed by atoms with E-state index in [2.05, 4.69) is 26.2 Å². The summed E-state index contributed by atoms with van der Waals surface area (Å²) in [4.78, 5) is 6.54. The Labute approximate surface area is 167 Å². The van der Waals surface area contributed by atoms with Crippen molar-refractivity contribution in [1.29, 1.82) is 5.26 Å². The number of nitrogens with two attached hydrogens (primary N) is 1. The molecule has 1 aromatic carbocycles. The summed E-state index contributed by atoms with van der Waals surface area (Å²) >= 11 is 1.46. The van der Waals surface area contributed by atoms with Crippen molar-refractivity contribution >= 4 is 22.2 Å². The lowest BCUT2D eigenvalue weighted by Crippen LogP contribution is -2.33. The molecule has 142 valence electrons. The number of nitrogen functional groups attached to an aromatic ring is 1. The Kier molecular flexibility index (Phi) is 5.08. The van der Waals surface area contributed by atoms with Gasteiger partial charge in [-0.05, 0) is 25.0 Å². The monoisotopic (exact) mass is 392 g/mol. The molecule has 0 amide bonds. The molecular weight excluding hydrogens is 372 g/mol. The molecule has 2 N–H and O–H groups in total. The number of rotatable bonds is 4. The second kappa shape index (κ2) is 7.82. The van der Waals surface area contributed by atoms with E-state index in [1.165, 1.54) is 11.3 Å². The molecule has 1 fully saturated rings. The minimum Gasteiger partial charge on any atom is -0.496 e. The maximum atomic E-state index is 9.73. The molecule has 2 aromatic heterocycles. The van der Waals surface area contributed by atoms with Gasteiger partial charge in [0.25, 0.3) is 0 Å². The average molecular weight is 392 g/mol. The Balaban J connectivity index is 1.67. The number of pyridine rings is 1. The quantitative estimate of drug-likeness (QED) is 0.725. The maximum absolute atomic E-state index is 9.73. The van der Waals surface area contributed by atoms with Crippen LogP contribution < -0.4 is 15.4 Å². The predicted molar refractivity (Wildman–Crippen MR) is 109 cm³/mol. The zero-order chi connectivity index (χ0) is 19.5. The Morgan fingerprint density at radius 1 is 1.21 bits per heavy atom. The Morgan fingerprint density at radius 3 is 2.71 bits per heavy atom. The number of methoxy groups -OCH3 is 1. The zero-order valence-corrected chi connectivity index (χ0v) is 16.3. The van der Waals surface area contributed by atoms with Gasteiger partial charge in [-0.3, -0.25) is 4.98 Å². The van der Waals surface area contributed by atoms with Gasteiger partial charge in [0.2, 0.25) is 5.13 Å². The molecule has 3 aromatic rings. The normalized spacial score (nSPS) is 14.6. The van der Waals surface area contributed by atoms with Gasteiger partial charge in [0.15, 0.2) is 0 Å². The number of anilines is 2. The van der Waals surface area contributed by atoms with Crippen LogP contribution in [0.1, 0.15) is 29.3 Å². The first-order valence-corrected chi connectivity index (χ1v) is 9.88. The summed E-state index contributed by atoms with van der Waals surface area (Å²) in [5, 5.41) is 19.4. The third kappa shape index (κ3) is 3.37. The highest BCUT2D eigenvalue weighted by Gasteiger charge is 2.27. The van der Waals surface area contributed by atoms with Gasteiger partial charge in [-0.25, -0.2) is 0 Å². The van der Waals surface area contributed by atoms with Crippen LogP contribution in [0.5, 0.6) is 5.75 Å². The van der Waals surface area contributed by atoms with Crippen LogP contribution in [0.15, 0.2) is 36.7 Å². The Morgan fingerprint density at radius 2 is 2.04 bits per heavy atom. The fourth-order valence-corrected chi connectivity index (χ4v) is 4.50. The Bertz CT molecular complexity index is 1020. The predicted octanol–water partition coefficient (Wildman–Crippen LogP) is 3.45. The highest BCUT2D eigenvalue weighted by molar-refractivity contribution is 7.15. The van der Waals surface area contributed by atoms with Gasteiger partial charge in [0.1, 0.15) is 16.8 Å². The number of piperidine rings is 1. The summed E-state index contributed by atoms with van der Waals surface area (Å²) in [6.45, 7) is 1.66. The second-order valence-corrected chi connectivity index (χ2v) is 7.67. The molecule has 1 saturated heterocycles. The van der Waals surface area contributed by atoms with Crippen LogP contribution in [0.4, 0.5) is 10.8 Å². The van der Waals surface area contributed by atoms with Gasteiger partial charge in [0, 0.05) is 42.5 Å². The highest BCUT2D eigenvalue weighted by Crippen LogP contribution is 2.41. The van der Waals surface area contributed by atoms with Gasteiger partial charge in [0.05, 0.1) is 18.4 Å². The van der Waals surface area contributed by atoms with E-state index in [1.807, 2.05) is 24.3 Å². The fraction of sp³-hybridized carbons (Fsp3) is 0.300. The van der Waals surface area contributed by atoms with Gasteiger partial charge >= 0.3 is 0 Å². The third-order valence-electron chi connectivity index (χ3n) is 5.06. The lowest BCUT2D eigenvalue weighted by molar-refractivity contribution is 0.416. The summed E-state index contributed by atoms with van der Waals surface area (Å²) in [5.41, 5.74) is 9.17. The highest BCUT2D eigenvalue weighted by atomic mass is 32.1. The molecule has 0 unspecified atom stereocenters. The second-order valence-electron chi connectivity index (χ2n) is 6.63. The molecule has 1 aliphatic rings. The molecule has 4 rings (SSSR count). The molecular formula is C20H20N6OS. The third-order valence-corrected chi connectivity index (χ3v) is 5.98. The Hall–Kier alpha value is -3.18. The number of nitriles is 1. The van der Waals surface area contributed by atoms with Crippen LogP contribution in [-0.4, -0.2) is 35.4 Å². The van der Waals surface area contributed by atoms with Crippen LogP contribution in [0.25, 0.3) is 11.1 Å². The van der Waals surface area contributed by atoms with Crippen LogP contribution >= 0.6 is 11.3 Å². The molecule has 7 nitrogen and oxygen atoms in total. The fourth-order valence-electron chi connectivity index (χ4n) is 3.72. The molecule has 0 spiro atoms. The molecule has 0 atom stereocenters. The molecule has 1 aliphatic heterocycles. The van der Waals surface area contributed by atoms with Crippen molar-refractivity contribution in [3.63, 3.8) is 0 Å². The minimum atomic E-state index is 0.358. The molecule has 0 radical (unpaired) electrons. The number of hydrogen-bond acceptors (Lipinski definition) is 8. The van der Waals surface area contributed by atoms with Crippen molar-refractivity contribution in [2.45, 2.75) is 18.8 Å². The number of nitrogens with zero attached hydrogens (tertiary/aromatic N) is 5. The first-order valence-electron chi connectivity index (χ1n) is 9.06. The first-order chi connectivity index (χ1) is 13.7. The summed E-state index contributed by atoms with van der Waals surface area (Å²) < 4.78 is 5.53. The summed E-state index contributed by atoms with van der Waals surface area (Å²) in [6, 6.07) is 9.97. The maximum Gasteiger partial charge on any atom is 0.203 e. The molecule has 8 heteroatoms. The van der Waals surface area contributed by atoms with E-state index in [-0.39, 0.29) is 0 Å². The standard InChI is InChI=1S/C20H20N6OS/c1-27-17-5-8-23-12-16(17)15-4-2-3-14(11-21)18(15)26-9-6-13(7-10-26)19-24-25-20(22)28-19/h2-5,8,12-13H,6-7,9-10H2,1H3,(H2,22,25). The van der Waals surface area contributed by atoms with Gasteiger partial charge < -0.3 is 15.4 Å². The molecule has 28 heavy (non-hydrogen) atoms. The average Bonchev–Trinajstić information content (AvgIpc) is 3.19. The van der Waals surface area contributed by atoms with Crippen LogP contribution in [0, 0.1) is 11.3 Å². The number of hydrogen-bond donors (Lipinski definition) is 1. The topological polar surface area (TPSA) is 101 Å². The van der Waals surface area contributed by atoms with Crippen LogP contribution in [0.3, 0.4) is 0 Å². The first kappa shape index (κ1) is 18.2. The van der Waals surface area contributed by atoms with E-state index < -0.39 is 0 Å². The van der Waals surface area contributed by atoms with E-state index in [0.29, 0.717) is 16.6 Å². The molecule has 3 heterocycles. The van der Waals surface area contributed by atoms with Gasteiger partial charge in [-0.15, -0.1) is 10.2 Å². The van der Waals surface area contributed by atoms with E-state index >= 15 is 0 Å². The zero-order valence-electron chi connectivity index (χ0n) is 15.5. The lowest BCUT2D eigenvalue weighted by atomic mass is 9.94. The molecule has 0 saturated carbocycles. The van der Waals surface area contributed by atoms with Crippen molar-refractivity contribution in [2.75, 3.05) is 30.8 Å². The van der Waals surface area contributed by atoms with E-state index in [1.54, 1.807) is 19.5 Å². The largest absolute Gasteiger partial charge is 0.496 e. The number of benzene rings is 1. The van der Waals surface area contributed by atoms with Gasteiger partial charge in [-0.2, -0.15) is 5.26 Å². The van der Waals surface area contributed by atoms with Gasteiger partial charge in [-0.1, -0.05) is 23.5 Å². The SMILES string of the molecule is COc1ccncc1-c1cccc(C#N)c1N1CCC(c2nnc(N)s2)CC1. The van der Waals surface area contributed by atoms with Crippen molar-refractivity contribution < 1.29 is 4.74 Å². The van der Waals surface area contributed by atoms with Crippen molar-refractivity contribution in [3.05, 3.63) is 47.2 Å². The van der Waals surface area contributed by atoms with E-state index in [4.69, 9.17) is 10.5 Å². The van der Waals surface area contributed by atoms with Crippen molar-refractivity contribution in [1.82, 2.24) is 15.2 Å². The minimum absolute atomic E-state index is 0.358. The molecule has 0 bridgehead atoms. The van der Waals surface area contributed by atoms with E-state index in [9.17, 15) is 5.26 Å². The summed E-state index contributed by atoms with van der Waals surface area (Å²) in [6.07, 6.45) is 5.38.